The third kappa shape index (κ3) is 2.14. The monoisotopic (exact) mass is 126 g/mol. The van der Waals surface area contributed by atoms with Crippen molar-refractivity contribution in [3.05, 3.63) is 6.54 Å². The predicted molar refractivity (Wildman–Crippen MR) is 35.8 cm³/mol. The van der Waals surface area contributed by atoms with E-state index in [0.29, 0.717) is 0 Å². The third-order valence-corrected chi connectivity index (χ3v) is 1.51. The van der Waals surface area contributed by atoms with Crippen LogP contribution in [0.25, 0.3) is 0 Å². The Morgan fingerprint density at radius 1 is 1.44 bits per heavy atom. The van der Waals surface area contributed by atoms with Crippen molar-refractivity contribution in [2.24, 2.45) is 0 Å². The van der Waals surface area contributed by atoms with Crippen molar-refractivity contribution in [3.8, 4) is 0 Å². The highest BCUT2D eigenvalue weighted by atomic mass is 16.1. The Kier molecular flexibility index (Phi) is 2.22. The molecule has 1 fully saturated rings. The molecule has 2 heteroatoms. The van der Waals surface area contributed by atoms with Gasteiger partial charge in [-0.3, -0.25) is 9.69 Å². The summed E-state index contributed by atoms with van der Waals surface area (Å²) < 4.78 is 0. The number of nitrogens with zero attached hydrogens (tertiary/aromatic N) is 1. The Balaban J connectivity index is 2.19. The molecule has 0 bridgehead atoms. The lowest BCUT2D eigenvalue weighted by molar-refractivity contribution is -0.115. The molecule has 1 radical (unpaired) electrons. The average Bonchev–Trinajstić information content (AvgIpc) is 2.15. The van der Waals surface area contributed by atoms with Crippen LogP contribution in [0.2, 0.25) is 0 Å². The molecule has 0 unspecified atom stereocenters. The van der Waals surface area contributed by atoms with Gasteiger partial charge in [0.2, 0.25) is 0 Å². The zero-order valence-corrected chi connectivity index (χ0v) is 5.76. The summed E-state index contributed by atoms with van der Waals surface area (Å²) in [6, 6.07) is 0. The van der Waals surface area contributed by atoms with Gasteiger partial charge in [0.15, 0.2) is 0 Å². The van der Waals surface area contributed by atoms with Crippen LogP contribution in [0.1, 0.15) is 19.8 Å². The van der Waals surface area contributed by atoms with Gasteiger partial charge >= 0.3 is 0 Å². The molecular weight excluding hydrogens is 114 g/mol. The maximum absolute atomic E-state index is 10.5. The SMILES string of the molecule is CC(=O)[CH]N1CCCC1. The third-order valence-electron chi connectivity index (χ3n) is 1.51. The molecule has 0 atom stereocenters. The summed E-state index contributed by atoms with van der Waals surface area (Å²) in [4.78, 5) is 12.6. The summed E-state index contributed by atoms with van der Waals surface area (Å²) >= 11 is 0. The molecule has 51 valence electrons. The van der Waals surface area contributed by atoms with Gasteiger partial charge in [-0.15, -0.1) is 0 Å². The molecule has 0 aliphatic carbocycles. The van der Waals surface area contributed by atoms with E-state index in [2.05, 4.69) is 4.90 Å². The Bertz CT molecular complexity index is 105. The second-order valence-corrected chi connectivity index (χ2v) is 2.48. The van der Waals surface area contributed by atoms with Crippen molar-refractivity contribution >= 4 is 5.78 Å². The topological polar surface area (TPSA) is 20.3 Å². The number of hydrogen-bond acceptors (Lipinski definition) is 2. The van der Waals surface area contributed by atoms with Crippen molar-refractivity contribution in [2.45, 2.75) is 19.8 Å². The van der Waals surface area contributed by atoms with Gasteiger partial charge < -0.3 is 0 Å². The molecule has 0 aromatic carbocycles. The van der Waals surface area contributed by atoms with Gasteiger partial charge in [0.1, 0.15) is 5.78 Å². The molecule has 2 nitrogen and oxygen atoms in total. The Morgan fingerprint density at radius 3 is 2.44 bits per heavy atom. The standard InChI is InChI=1S/C7H12NO/c1-7(9)6-8-4-2-3-5-8/h6H,2-5H2,1H3. The summed E-state index contributed by atoms with van der Waals surface area (Å²) in [6.45, 7) is 5.44. The van der Waals surface area contributed by atoms with Crippen molar-refractivity contribution < 1.29 is 4.79 Å². The summed E-state index contributed by atoms with van der Waals surface area (Å²) in [5.74, 6) is 0.164. The Morgan fingerprint density at radius 2 is 2.00 bits per heavy atom. The average molecular weight is 126 g/mol. The zero-order valence-electron chi connectivity index (χ0n) is 5.76. The van der Waals surface area contributed by atoms with Crippen LogP contribution in [0.15, 0.2) is 0 Å². The Hall–Kier alpha value is -0.370. The highest BCUT2D eigenvalue weighted by Crippen LogP contribution is 2.08. The molecule has 1 rings (SSSR count). The van der Waals surface area contributed by atoms with E-state index in [4.69, 9.17) is 0 Å². The lowest BCUT2D eigenvalue weighted by Crippen LogP contribution is -2.19. The van der Waals surface area contributed by atoms with Crippen LogP contribution in [0, 0.1) is 6.54 Å². The van der Waals surface area contributed by atoms with Crippen LogP contribution >= 0.6 is 0 Å². The summed E-state index contributed by atoms with van der Waals surface area (Å²) in [5, 5.41) is 0. The van der Waals surface area contributed by atoms with Crippen molar-refractivity contribution in [1.29, 1.82) is 0 Å². The quantitative estimate of drug-likeness (QED) is 0.546. The normalized spacial score (nSPS) is 20.6. The maximum atomic E-state index is 10.5. The fourth-order valence-corrected chi connectivity index (χ4v) is 1.13. The molecule has 1 heterocycles. The maximum Gasteiger partial charge on any atom is 0.148 e. The predicted octanol–water partition coefficient (Wildman–Crippen LogP) is 0.833. The highest BCUT2D eigenvalue weighted by molar-refractivity contribution is 5.83. The minimum atomic E-state index is 0.164. The second kappa shape index (κ2) is 2.97. The number of carbonyl (C=O) groups excluding carboxylic acids is 1. The van der Waals surface area contributed by atoms with Crippen LogP contribution in [0.4, 0.5) is 0 Å². The highest BCUT2D eigenvalue weighted by Gasteiger charge is 2.12. The van der Waals surface area contributed by atoms with Crippen LogP contribution in [0.5, 0.6) is 0 Å². The second-order valence-electron chi connectivity index (χ2n) is 2.48. The molecule has 0 aromatic rings. The van der Waals surface area contributed by atoms with Gasteiger partial charge in [-0.1, -0.05) is 0 Å². The number of ketones is 1. The number of likely N-dealkylation sites (tertiary alicyclic amines) is 1. The number of hydrogen-bond donors (Lipinski definition) is 0. The van der Waals surface area contributed by atoms with E-state index in [0.717, 1.165) is 13.1 Å². The van der Waals surface area contributed by atoms with Crippen LogP contribution in [-0.2, 0) is 4.79 Å². The molecule has 1 aliphatic heterocycles. The van der Waals surface area contributed by atoms with E-state index in [1.54, 1.807) is 13.5 Å². The van der Waals surface area contributed by atoms with Crippen molar-refractivity contribution in [3.63, 3.8) is 0 Å². The van der Waals surface area contributed by atoms with Crippen molar-refractivity contribution in [1.82, 2.24) is 4.90 Å². The van der Waals surface area contributed by atoms with Crippen molar-refractivity contribution in [2.75, 3.05) is 13.1 Å². The van der Waals surface area contributed by atoms with Crippen LogP contribution in [-0.4, -0.2) is 23.8 Å². The van der Waals surface area contributed by atoms with Crippen LogP contribution in [0.3, 0.4) is 0 Å². The first-order valence-electron chi connectivity index (χ1n) is 3.38. The molecule has 1 saturated heterocycles. The van der Waals surface area contributed by atoms with Gasteiger partial charge in [-0.25, -0.2) is 0 Å². The van der Waals surface area contributed by atoms with Gasteiger partial charge in [0, 0.05) is 0 Å². The van der Waals surface area contributed by atoms with Gasteiger partial charge in [-0.05, 0) is 32.9 Å². The minimum absolute atomic E-state index is 0.164. The van der Waals surface area contributed by atoms with E-state index >= 15 is 0 Å². The van der Waals surface area contributed by atoms with Gasteiger partial charge in [0.05, 0.1) is 6.54 Å². The van der Waals surface area contributed by atoms with E-state index in [-0.39, 0.29) is 5.78 Å². The van der Waals surface area contributed by atoms with Crippen LogP contribution < -0.4 is 0 Å². The van der Waals surface area contributed by atoms with E-state index in [9.17, 15) is 4.79 Å². The first-order chi connectivity index (χ1) is 4.29. The number of Topliss-reactive ketones (excluding diaryl/α,β-unsaturated/α-hetero) is 1. The fourth-order valence-electron chi connectivity index (χ4n) is 1.13. The molecule has 0 N–H and O–H groups in total. The summed E-state index contributed by atoms with van der Waals surface area (Å²) in [5.41, 5.74) is 0. The molecule has 0 aromatic heterocycles. The van der Waals surface area contributed by atoms with Gasteiger partial charge in [0.25, 0.3) is 0 Å². The molecule has 0 amide bonds. The first kappa shape index (κ1) is 6.75. The zero-order chi connectivity index (χ0) is 6.69. The smallest absolute Gasteiger partial charge is 0.148 e. The van der Waals surface area contributed by atoms with E-state index in [1.807, 2.05) is 0 Å². The minimum Gasteiger partial charge on any atom is -0.298 e. The molecular formula is C7H12NO. The first-order valence-corrected chi connectivity index (χ1v) is 3.38. The largest absolute Gasteiger partial charge is 0.298 e. The van der Waals surface area contributed by atoms with E-state index in [1.165, 1.54) is 12.8 Å². The van der Waals surface area contributed by atoms with Gasteiger partial charge in [-0.2, -0.15) is 0 Å². The molecule has 0 spiro atoms. The molecule has 1 aliphatic rings. The summed E-state index contributed by atoms with van der Waals surface area (Å²) in [6.07, 6.45) is 2.48. The Labute approximate surface area is 55.8 Å². The summed E-state index contributed by atoms with van der Waals surface area (Å²) in [7, 11) is 0. The number of carbonyl (C=O) groups is 1. The number of rotatable bonds is 2. The fraction of sp³-hybridized carbons (Fsp3) is 0.714. The van der Waals surface area contributed by atoms with E-state index < -0.39 is 0 Å². The lowest BCUT2D eigenvalue weighted by Gasteiger charge is -2.09. The lowest BCUT2D eigenvalue weighted by atomic mass is 10.4. The molecule has 0 saturated carbocycles. The molecule has 9 heavy (non-hydrogen) atoms.